The molecule has 324 valence electrons. The number of hydrogen-bond donors (Lipinski definition) is 8. The van der Waals surface area contributed by atoms with Crippen molar-refractivity contribution < 1.29 is 64.5 Å². The smallest absolute Gasteiger partial charge is 0.396 e. The number of nitrogens with zero attached hydrogens (tertiary/aromatic N) is 7. The van der Waals surface area contributed by atoms with E-state index in [-0.39, 0.29) is 44.0 Å². The summed E-state index contributed by atoms with van der Waals surface area (Å²) in [5, 5.41) is 20.4. The van der Waals surface area contributed by atoms with Crippen LogP contribution in [-0.2, 0) is 54.8 Å². The number of nitrogens with one attached hydrogen (secondary N) is 2. The van der Waals surface area contributed by atoms with Crippen molar-refractivity contribution in [3.05, 3.63) is 78.1 Å². The molecule has 0 aliphatic carbocycles. The van der Waals surface area contributed by atoms with Gasteiger partial charge in [-0.1, -0.05) is 0 Å². The standard InChI is InChI=1S/C29H26ClN11O15S5/c30-27-35-28(33-15-1-8-19(9-2-15)58(44,45)46)37-29(36-27)34-17-5-10-22(59(47,48)49)20(13-17)39-40-21-14-23(60(50,51)52)25(32)26(24(21)31)41-38-16-3-6-18(7-4-16)57(42,43)12-11-56-61(53,54)55/h1-10,13-14H,11-12,31-32H2,(H,44,45,46)(H,47,48,49)(H,50,51,52)(H,53,54,55)(H2,33,34,35,36,37). The summed E-state index contributed by atoms with van der Waals surface area (Å²) in [7, 11) is -23.6. The van der Waals surface area contributed by atoms with Crippen molar-refractivity contribution in [3.63, 3.8) is 0 Å². The predicted octanol–water partition coefficient (Wildman–Crippen LogP) is 4.34. The lowest BCUT2D eigenvalue weighted by molar-refractivity contribution is 0.284. The molecular weight excluding hydrogens is 938 g/mol. The van der Waals surface area contributed by atoms with E-state index in [1.54, 1.807) is 0 Å². The van der Waals surface area contributed by atoms with Gasteiger partial charge in [0.25, 0.3) is 30.4 Å². The average molecular weight is 964 g/mol. The number of nitrogen functional groups attached to an aromatic ring is 2. The molecule has 0 bridgehead atoms. The van der Waals surface area contributed by atoms with Crippen LogP contribution in [0.4, 0.5) is 57.4 Å². The fourth-order valence-corrected chi connectivity index (χ4v) is 8.06. The first-order valence-corrected chi connectivity index (χ1v) is 23.5. The lowest BCUT2D eigenvalue weighted by Gasteiger charge is -2.11. The molecule has 0 saturated carbocycles. The van der Waals surface area contributed by atoms with Gasteiger partial charge in [-0.25, -0.2) is 12.6 Å². The third-order valence-corrected chi connectivity index (χ3v) is 12.4. The van der Waals surface area contributed by atoms with E-state index in [1.165, 1.54) is 12.1 Å². The van der Waals surface area contributed by atoms with E-state index >= 15 is 0 Å². The van der Waals surface area contributed by atoms with Gasteiger partial charge in [0, 0.05) is 11.4 Å². The van der Waals surface area contributed by atoms with Gasteiger partial charge in [0.1, 0.15) is 26.9 Å². The van der Waals surface area contributed by atoms with Crippen LogP contribution in [-0.4, -0.2) is 87.6 Å². The van der Waals surface area contributed by atoms with Gasteiger partial charge in [0.2, 0.25) is 17.2 Å². The quantitative estimate of drug-likeness (QED) is 0.0387. The Morgan fingerprint density at radius 1 is 0.590 bits per heavy atom. The fraction of sp³-hybridized carbons (Fsp3) is 0.0690. The molecule has 0 atom stereocenters. The van der Waals surface area contributed by atoms with Crippen molar-refractivity contribution in [1.29, 1.82) is 0 Å². The number of nitrogens with two attached hydrogens (primary N) is 2. The van der Waals surface area contributed by atoms with Crippen molar-refractivity contribution >= 4 is 120 Å². The largest absolute Gasteiger partial charge is 0.397 e. The Kier molecular flexibility index (Phi) is 13.3. The normalized spacial score (nSPS) is 12.9. The topological polar surface area (TPSA) is 425 Å². The van der Waals surface area contributed by atoms with E-state index in [0.717, 1.165) is 54.6 Å². The summed E-state index contributed by atoms with van der Waals surface area (Å²) in [6.07, 6.45) is 0. The van der Waals surface area contributed by atoms with E-state index < -0.39 is 101 Å². The molecule has 0 amide bonds. The number of halogens is 1. The molecule has 0 saturated heterocycles. The summed E-state index contributed by atoms with van der Waals surface area (Å²) in [6, 6.07) is 12.9. The van der Waals surface area contributed by atoms with Crippen molar-refractivity contribution in [3.8, 4) is 0 Å². The zero-order valence-electron chi connectivity index (χ0n) is 29.8. The molecule has 26 nitrogen and oxygen atoms in total. The first-order valence-electron chi connectivity index (χ1n) is 15.8. The van der Waals surface area contributed by atoms with Crippen LogP contribution in [0.15, 0.2) is 113 Å². The molecule has 0 radical (unpaired) electrons. The number of hydrogen-bond acceptors (Lipinski definition) is 22. The van der Waals surface area contributed by atoms with Gasteiger partial charge in [-0.05, 0) is 84.4 Å². The Hall–Kier alpha value is -5.87. The number of rotatable bonds is 16. The lowest BCUT2D eigenvalue weighted by atomic mass is 10.2. The van der Waals surface area contributed by atoms with Crippen LogP contribution in [0, 0.1) is 0 Å². The predicted molar refractivity (Wildman–Crippen MR) is 213 cm³/mol. The van der Waals surface area contributed by atoms with Gasteiger partial charge in [-0.2, -0.15) is 53.7 Å². The van der Waals surface area contributed by atoms with Crippen LogP contribution in [0.2, 0.25) is 5.28 Å². The highest BCUT2D eigenvalue weighted by molar-refractivity contribution is 7.91. The number of azo groups is 2. The summed E-state index contributed by atoms with van der Waals surface area (Å²) < 4.78 is 160. The van der Waals surface area contributed by atoms with Crippen LogP contribution >= 0.6 is 11.6 Å². The second-order valence-electron chi connectivity index (χ2n) is 11.7. The monoisotopic (exact) mass is 963 g/mol. The van der Waals surface area contributed by atoms with Crippen LogP contribution in [0.1, 0.15) is 0 Å². The molecule has 1 heterocycles. The van der Waals surface area contributed by atoms with Crippen molar-refractivity contribution in [2.24, 2.45) is 20.5 Å². The second-order valence-corrected chi connectivity index (χ2v) is 19.4. The molecule has 4 aromatic carbocycles. The van der Waals surface area contributed by atoms with Crippen LogP contribution < -0.4 is 22.1 Å². The van der Waals surface area contributed by atoms with Gasteiger partial charge >= 0.3 is 10.4 Å². The van der Waals surface area contributed by atoms with Gasteiger partial charge in [-0.3, -0.25) is 18.2 Å². The lowest BCUT2D eigenvalue weighted by Crippen LogP contribution is -2.15. The van der Waals surface area contributed by atoms with E-state index in [4.69, 9.17) is 27.6 Å². The molecular formula is C29H26ClN11O15S5. The minimum Gasteiger partial charge on any atom is -0.396 e. The third-order valence-electron chi connectivity index (χ3n) is 7.42. The second kappa shape index (κ2) is 17.6. The van der Waals surface area contributed by atoms with Gasteiger partial charge in [0.05, 0.1) is 39.2 Å². The van der Waals surface area contributed by atoms with Crippen molar-refractivity contribution in [2.75, 3.05) is 34.5 Å². The molecule has 0 aliphatic rings. The summed E-state index contributed by atoms with van der Waals surface area (Å²) in [5.41, 5.74) is 9.31. The highest BCUT2D eigenvalue weighted by Crippen LogP contribution is 2.43. The Morgan fingerprint density at radius 2 is 1.13 bits per heavy atom. The minimum atomic E-state index is -5.14. The first-order chi connectivity index (χ1) is 28.2. The SMILES string of the molecule is Nc1c(N=Nc2cc(Nc3nc(Cl)nc(Nc4ccc(S(=O)(=O)O)cc4)n3)ccc2S(=O)(=O)O)cc(S(=O)(=O)O)c(N)c1N=Nc1ccc(S(=O)(=O)CCOS(=O)(=O)O)cc1. The first kappa shape index (κ1) is 46.2. The summed E-state index contributed by atoms with van der Waals surface area (Å²) >= 11 is 6.05. The zero-order valence-corrected chi connectivity index (χ0v) is 34.7. The highest BCUT2D eigenvalue weighted by atomic mass is 35.5. The van der Waals surface area contributed by atoms with E-state index in [1.807, 2.05) is 0 Å². The van der Waals surface area contributed by atoms with E-state index in [2.05, 4.69) is 50.2 Å². The molecule has 0 aliphatic heterocycles. The molecule has 61 heavy (non-hydrogen) atoms. The van der Waals surface area contributed by atoms with E-state index in [0.29, 0.717) is 6.07 Å². The molecule has 10 N–H and O–H groups in total. The summed E-state index contributed by atoms with van der Waals surface area (Å²) in [5.74, 6) is -1.23. The molecule has 1 aromatic heterocycles. The Bertz CT molecular complexity index is 3160. The maximum absolute atomic E-state index is 12.5. The van der Waals surface area contributed by atoms with Crippen LogP contribution in [0.5, 0.6) is 0 Å². The fourth-order valence-electron chi connectivity index (χ4n) is 4.69. The molecule has 32 heteroatoms. The number of sulfone groups is 1. The van der Waals surface area contributed by atoms with Crippen molar-refractivity contribution in [2.45, 2.75) is 19.6 Å². The molecule has 0 unspecified atom stereocenters. The highest BCUT2D eigenvalue weighted by Gasteiger charge is 2.24. The minimum absolute atomic E-state index is 0.00396. The number of benzene rings is 4. The Morgan fingerprint density at radius 3 is 1.69 bits per heavy atom. The number of aromatic nitrogens is 3. The van der Waals surface area contributed by atoms with E-state index in [9.17, 15) is 55.7 Å². The number of anilines is 6. The maximum atomic E-state index is 12.5. The van der Waals surface area contributed by atoms with Gasteiger partial charge in [0.15, 0.2) is 9.84 Å². The summed E-state index contributed by atoms with van der Waals surface area (Å²) in [6.45, 7) is -0.885. The van der Waals surface area contributed by atoms with Crippen LogP contribution in [0.25, 0.3) is 0 Å². The van der Waals surface area contributed by atoms with Crippen LogP contribution in [0.3, 0.4) is 0 Å². The average Bonchev–Trinajstić information content (AvgIpc) is 3.12. The third kappa shape index (κ3) is 12.4. The Balaban J connectivity index is 1.46. The maximum Gasteiger partial charge on any atom is 0.397 e. The Labute approximate surface area is 349 Å². The zero-order chi connectivity index (χ0) is 45.1. The van der Waals surface area contributed by atoms with Crippen molar-refractivity contribution in [1.82, 2.24) is 15.0 Å². The summed E-state index contributed by atoms with van der Waals surface area (Å²) in [4.78, 5) is 9.45. The van der Waals surface area contributed by atoms with Gasteiger partial charge < -0.3 is 22.1 Å². The molecule has 5 aromatic rings. The molecule has 0 fully saturated rings. The van der Waals surface area contributed by atoms with Gasteiger partial charge in [-0.15, -0.1) is 15.3 Å². The molecule has 0 spiro atoms. The molecule has 5 rings (SSSR count).